The smallest absolute Gasteiger partial charge is 0.251 e. The van der Waals surface area contributed by atoms with E-state index < -0.39 is 0 Å². The molecule has 0 fully saturated rings. The number of nitrogens with zero attached hydrogens (tertiary/aromatic N) is 4. The average molecular weight is 591 g/mol. The highest BCUT2D eigenvalue weighted by atomic mass is 79.9. The number of aryl methyl sites for hydroxylation is 3. The van der Waals surface area contributed by atoms with Crippen LogP contribution in [0, 0.1) is 13.8 Å². The van der Waals surface area contributed by atoms with Crippen LogP contribution >= 0.6 is 27.7 Å². The van der Waals surface area contributed by atoms with Crippen LogP contribution in [0.1, 0.15) is 39.3 Å². The van der Waals surface area contributed by atoms with Crippen LogP contribution in [0.3, 0.4) is 0 Å². The Bertz CT molecular complexity index is 1480. The number of aromatic nitrogens is 3. The highest BCUT2D eigenvalue weighted by Gasteiger charge is 2.24. The van der Waals surface area contributed by atoms with Gasteiger partial charge in [-0.3, -0.25) is 14.2 Å². The lowest BCUT2D eigenvalue weighted by atomic mass is 10.0. The van der Waals surface area contributed by atoms with E-state index in [2.05, 4.69) is 37.5 Å². The van der Waals surface area contributed by atoms with Crippen molar-refractivity contribution in [2.75, 3.05) is 17.2 Å². The summed E-state index contributed by atoms with van der Waals surface area (Å²) in [5.41, 5.74) is 5.86. The number of halogens is 1. The molecule has 1 aromatic heterocycles. The quantitative estimate of drug-likeness (QED) is 0.282. The van der Waals surface area contributed by atoms with E-state index in [-0.39, 0.29) is 24.1 Å². The zero-order valence-electron chi connectivity index (χ0n) is 21.3. The minimum atomic E-state index is -0.174. The summed E-state index contributed by atoms with van der Waals surface area (Å²) in [6, 6.07) is 21.5. The van der Waals surface area contributed by atoms with Crippen LogP contribution in [-0.4, -0.2) is 38.9 Å². The molecule has 0 bridgehead atoms. The molecule has 0 saturated carbocycles. The number of carbonyl (C=O) groups excluding carboxylic acids is 2. The molecule has 0 radical (unpaired) electrons. The molecule has 7 nitrogen and oxygen atoms in total. The SMILES string of the molecule is Cc1ccc(C(=O)NCc2nnc(SCC(=O)N3CCCc4ccccc43)n2-c2ccc(Br)cc2)cc1C. The van der Waals surface area contributed by atoms with Gasteiger partial charge < -0.3 is 10.2 Å². The fourth-order valence-corrected chi connectivity index (χ4v) is 5.61. The van der Waals surface area contributed by atoms with Crippen LogP contribution in [-0.2, 0) is 17.8 Å². The van der Waals surface area contributed by atoms with Gasteiger partial charge in [-0.2, -0.15) is 0 Å². The highest BCUT2D eigenvalue weighted by Crippen LogP contribution is 2.29. The summed E-state index contributed by atoms with van der Waals surface area (Å²) in [5, 5.41) is 12.3. The van der Waals surface area contributed by atoms with Gasteiger partial charge in [0.25, 0.3) is 5.91 Å². The molecule has 0 unspecified atom stereocenters. The summed E-state index contributed by atoms with van der Waals surface area (Å²) in [6.45, 7) is 4.92. The lowest BCUT2D eigenvalue weighted by molar-refractivity contribution is -0.116. The fraction of sp³-hybridized carbons (Fsp3) is 0.241. The maximum absolute atomic E-state index is 13.2. The molecule has 1 aliphatic heterocycles. The Morgan fingerprint density at radius 1 is 1.00 bits per heavy atom. The lowest BCUT2D eigenvalue weighted by Crippen LogP contribution is -2.36. The Hall–Kier alpha value is -3.43. The van der Waals surface area contributed by atoms with E-state index in [0.717, 1.165) is 39.8 Å². The first-order valence-corrected chi connectivity index (χ1v) is 14.3. The summed E-state index contributed by atoms with van der Waals surface area (Å²) in [4.78, 5) is 28.0. The summed E-state index contributed by atoms with van der Waals surface area (Å²) in [6.07, 6.45) is 1.94. The van der Waals surface area contributed by atoms with Gasteiger partial charge in [0, 0.05) is 28.0 Å². The van der Waals surface area contributed by atoms with Gasteiger partial charge in [0.2, 0.25) is 5.91 Å². The molecule has 5 rings (SSSR count). The van der Waals surface area contributed by atoms with Crippen molar-refractivity contribution in [3.8, 4) is 5.69 Å². The van der Waals surface area contributed by atoms with Crippen LogP contribution in [0.25, 0.3) is 5.69 Å². The molecule has 38 heavy (non-hydrogen) atoms. The van der Waals surface area contributed by atoms with Crippen LogP contribution < -0.4 is 10.2 Å². The lowest BCUT2D eigenvalue weighted by Gasteiger charge is -2.29. The molecule has 0 saturated heterocycles. The van der Waals surface area contributed by atoms with E-state index in [1.165, 1.54) is 17.3 Å². The van der Waals surface area contributed by atoms with Gasteiger partial charge in [0.05, 0.1) is 12.3 Å². The van der Waals surface area contributed by atoms with Crippen LogP contribution in [0.5, 0.6) is 0 Å². The zero-order chi connectivity index (χ0) is 26.6. The number of anilines is 1. The summed E-state index contributed by atoms with van der Waals surface area (Å²) in [7, 11) is 0. The molecule has 4 aromatic rings. The molecule has 2 heterocycles. The summed E-state index contributed by atoms with van der Waals surface area (Å²) in [5.74, 6) is 0.685. The van der Waals surface area contributed by atoms with E-state index in [1.54, 1.807) is 0 Å². The molecule has 9 heteroatoms. The molecule has 1 N–H and O–H groups in total. The van der Waals surface area contributed by atoms with Crippen molar-refractivity contribution in [3.05, 3.63) is 99.3 Å². The third kappa shape index (κ3) is 5.68. The van der Waals surface area contributed by atoms with E-state index in [1.807, 2.05) is 84.0 Å². The van der Waals surface area contributed by atoms with Crippen molar-refractivity contribution < 1.29 is 9.59 Å². The number of carbonyl (C=O) groups is 2. The number of hydrogen-bond acceptors (Lipinski definition) is 5. The zero-order valence-corrected chi connectivity index (χ0v) is 23.7. The number of amides is 2. The van der Waals surface area contributed by atoms with Gasteiger partial charge in [-0.1, -0.05) is 52.0 Å². The van der Waals surface area contributed by atoms with Crippen LogP contribution in [0.2, 0.25) is 0 Å². The number of fused-ring (bicyclic) bond motifs is 1. The van der Waals surface area contributed by atoms with E-state index in [4.69, 9.17) is 0 Å². The molecule has 0 aliphatic carbocycles. The van der Waals surface area contributed by atoms with Crippen LogP contribution in [0.4, 0.5) is 5.69 Å². The highest BCUT2D eigenvalue weighted by molar-refractivity contribution is 9.10. The second-order valence-electron chi connectivity index (χ2n) is 9.26. The van der Waals surface area contributed by atoms with Crippen molar-refractivity contribution in [1.29, 1.82) is 0 Å². The van der Waals surface area contributed by atoms with E-state index in [0.29, 0.717) is 23.1 Å². The topological polar surface area (TPSA) is 80.1 Å². The number of benzene rings is 3. The first-order valence-electron chi connectivity index (χ1n) is 12.5. The Morgan fingerprint density at radius 2 is 1.79 bits per heavy atom. The van der Waals surface area contributed by atoms with Gasteiger partial charge >= 0.3 is 0 Å². The largest absolute Gasteiger partial charge is 0.345 e. The first kappa shape index (κ1) is 26.2. The third-order valence-corrected chi connectivity index (χ3v) is 8.14. The monoisotopic (exact) mass is 589 g/mol. The second kappa shape index (κ2) is 11.5. The summed E-state index contributed by atoms with van der Waals surface area (Å²) >= 11 is 4.84. The molecule has 1 aliphatic rings. The Morgan fingerprint density at radius 3 is 2.58 bits per heavy atom. The van der Waals surface area contributed by atoms with Gasteiger partial charge in [-0.15, -0.1) is 10.2 Å². The Kier molecular flexibility index (Phi) is 7.95. The van der Waals surface area contributed by atoms with E-state index >= 15 is 0 Å². The van der Waals surface area contributed by atoms with Gasteiger partial charge in [-0.05, 0) is 85.8 Å². The summed E-state index contributed by atoms with van der Waals surface area (Å²) < 4.78 is 2.85. The third-order valence-electron chi connectivity index (χ3n) is 6.70. The molecule has 3 aromatic carbocycles. The van der Waals surface area contributed by atoms with Crippen molar-refractivity contribution >= 4 is 45.2 Å². The second-order valence-corrected chi connectivity index (χ2v) is 11.1. The number of thioether (sulfide) groups is 1. The Balaban J connectivity index is 1.35. The molecule has 194 valence electrons. The van der Waals surface area contributed by atoms with Crippen molar-refractivity contribution in [3.63, 3.8) is 0 Å². The van der Waals surface area contributed by atoms with Crippen molar-refractivity contribution in [1.82, 2.24) is 20.1 Å². The molecule has 0 atom stereocenters. The molecular formula is C29H28BrN5O2S. The normalized spacial score (nSPS) is 12.8. The minimum absolute atomic E-state index is 0.0390. The molecule has 2 amide bonds. The van der Waals surface area contributed by atoms with Gasteiger partial charge in [0.1, 0.15) is 0 Å². The standard InChI is InChI=1S/C29H28BrN5O2S/c1-19-9-10-22(16-20(19)2)28(37)31-17-26-32-33-29(35(26)24-13-11-23(30)12-14-24)38-18-27(36)34-15-5-7-21-6-3-4-8-25(21)34/h3-4,6,8-14,16H,5,7,15,17-18H2,1-2H3,(H,31,37). The number of rotatable bonds is 7. The number of hydrogen-bond donors (Lipinski definition) is 1. The molecule has 0 spiro atoms. The minimum Gasteiger partial charge on any atom is -0.345 e. The predicted octanol–water partition coefficient (Wildman–Crippen LogP) is 5.65. The average Bonchev–Trinajstić information content (AvgIpc) is 3.34. The number of para-hydroxylation sites is 1. The molecular weight excluding hydrogens is 562 g/mol. The van der Waals surface area contributed by atoms with Gasteiger partial charge in [-0.25, -0.2) is 0 Å². The maximum Gasteiger partial charge on any atom is 0.251 e. The van der Waals surface area contributed by atoms with Crippen molar-refractivity contribution in [2.24, 2.45) is 0 Å². The fourth-order valence-electron chi connectivity index (χ4n) is 4.50. The maximum atomic E-state index is 13.2. The first-order chi connectivity index (χ1) is 18.4. The predicted molar refractivity (Wildman–Crippen MR) is 154 cm³/mol. The van der Waals surface area contributed by atoms with Gasteiger partial charge in [0.15, 0.2) is 11.0 Å². The van der Waals surface area contributed by atoms with Crippen LogP contribution in [0.15, 0.2) is 76.4 Å². The van der Waals surface area contributed by atoms with E-state index in [9.17, 15) is 9.59 Å². The Labute approximate surface area is 234 Å². The number of nitrogens with one attached hydrogen (secondary N) is 1. The van der Waals surface area contributed by atoms with Crippen molar-refractivity contribution in [2.45, 2.75) is 38.4 Å².